The number of nitriles is 1. The fourth-order valence-electron chi connectivity index (χ4n) is 1.37. The van der Waals surface area contributed by atoms with E-state index in [1.54, 1.807) is 13.8 Å². The first kappa shape index (κ1) is 13.5. The molecule has 1 amide bonds. The average molecular weight is 299 g/mol. The molecule has 0 aliphatic carbocycles. The molecular formula is C11H11BrN2O3. The molecule has 1 rings (SSSR count). The van der Waals surface area contributed by atoms with Gasteiger partial charge in [-0.1, -0.05) is 15.9 Å². The van der Waals surface area contributed by atoms with E-state index in [9.17, 15) is 9.59 Å². The molecule has 1 aromatic rings. The first-order chi connectivity index (χ1) is 7.88. The highest BCUT2D eigenvalue weighted by Gasteiger charge is 2.23. The third-order valence-electron chi connectivity index (χ3n) is 2.15. The minimum absolute atomic E-state index is 0.0199. The number of nitrogens with one attached hydrogen (secondary N) is 1. The van der Waals surface area contributed by atoms with Crippen LogP contribution in [0.2, 0.25) is 0 Å². The van der Waals surface area contributed by atoms with Crippen LogP contribution in [0.1, 0.15) is 35.5 Å². The summed E-state index contributed by atoms with van der Waals surface area (Å²) in [6, 6.07) is 1.87. The molecule has 90 valence electrons. The van der Waals surface area contributed by atoms with Crippen molar-refractivity contribution in [3.63, 3.8) is 0 Å². The molecule has 0 aliphatic heterocycles. The van der Waals surface area contributed by atoms with E-state index in [1.807, 2.05) is 6.07 Å². The summed E-state index contributed by atoms with van der Waals surface area (Å²) in [6.45, 7) is 4.56. The van der Waals surface area contributed by atoms with Gasteiger partial charge in [-0.2, -0.15) is 5.26 Å². The second-order valence-corrected chi connectivity index (χ2v) is 4.88. The zero-order valence-corrected chi connectivity index (χ0v) is 11.2. The van der Waals surface area contributed by atoms with Crippen molar-refractivity contribution in [2.24, 2.45) is 0 Å². The van der Waals surface area contributed by atoms with Crippen LogP contribution in [0.4, 0.5) is 5.88 Å². The first-order valence-electron chi connectivity index (χ1n) is 4.87. The molecular weight excluding hydrogens is 288 g/mol. The number of nitrogens with zero attached hydrogens (tertiary/aromatic N) is 1. The van der Waals surface area contributed by atoms with Crippen LogP contribution in [-0.4, -0.2) is 16.5 Å². The number of Topliss-reactive ketones (excluding diaryl/α,β-unsaturated/α-hetero) is 1. The number of anilines is 1. The summed E-state index contributed by atoms with van der Waals surface area (Å²) < 4.78 is 5.22. The number of carbonyl (C=O) groups excluding carboxylic acids is 2. The summed E-state index contributed by atoms with van der Waals surface area (Å²) in [5.74, 6) is -0.265. The Morgan fingerprint density at radius 2 is 2.12 bits per heavy atom. The van der Waals surface area contributed by atoms with Crippen molar-refractivity contribution in [3.8, 4) is 6.07 Å². The van der Waals surface area contributed by atoms with Crippen molar-refractivity contribution in [1.82, 2.24) is 0 Å². The van der Waals surface area contributed by atoms with E-state index in [0.717, 1.165) is 0 Å². The Kier molecular flexibility index (Phi) is 4.07. The van der Waals surface area contributed by atoms with Crippen LogP contribution < -0.4 is 5.32 Å². The largest absolute Gasteiger partial charge is 0.443 e. The first-order valence-corrected chi connectivity index (χ1v) is 5.79. The van der Waals surface area contributed by atoms with Gasteiger partial charge in [0.25, 0.3) is 0 Å². The molecule has 0 bridgehead atoms. The lowest BCUT2D eigenvalue weighted by Gasteiger charge is -2.03. The molecule has 1 heterocycles. The summed E-state index contributed by atoms with van der Waals surface area (Å²) in [5, 5.41) is 11.4. The lowest BCUT2D eigenvalue weighted by molar-refractivity contribution is -0.115. The van der Waals surface area contributed by atoms with E-state index in [1.165, 1.54) is 6.92 Å². The lowest BCUT2D eigenvalue weighted by atomic mass is 10.1. The van der Waals surface area contributed by atoms with Crippen molar-refractivity contribution in [2.45, 2.75) is 25.6 Å². The van der Waals surface area contributed by atoms with Crippen LogP contribution in [-0.2, 0) is 4.79 Å². The number of aryl methyl sites for hydroxylation is 1. The number of furan rings is 1. The van der Waals surface area contributed by atoms with Crippen LogP contribution >= 0.6 is 15.9 Å². The lowest BCUT2D eigenvalue weighted by Crippen LogP contribution is -2.20. The van der Waals surface area contributed by atoms with E-state index < -0.39 is 4.83 Å². The van der Waals surface area contributed by atoms with Crippen LogP contribution in [0.25, 0.3) is 0 Å². The van der Waals surface area contributed by atoms with Gasteiger partial charge in [0.2, 0.25) is 11.8 Å². The number of amides is 1. The molecule has 0 saturated carbocycles. The molecule has 1 N–H and O–H groups in total. The minimum Gasteiger partial charge on any atom is -0.443 e. The van der Waals surface area contributed by atoms with Crippen molar-refractivity contribution < 1.29 is 14.0 Å². The maximum Gasteiger partial charge on any atom is 0.240 e. The van der Waals surface area contributed by atoms with Gasteiger partial charge in [0.05, 0.1) is 10.4 Å². The van der Waals surface area contributed by atoms with Gasteiger partial charge in [0.15, 0.2) is 5.78 Å². The fourth-order valence-corrected chi connectivity index (χ4v) is 1.49. The SMILES string of the molecule is CC(=O)c1c(C)oc(NC(=O)C(C)Br)c1C#N. The number of rotatable bonds is 3. The predicted molar refractivity (Wildman–Crippen MR) is 65.2 cm³/mol. The molecule has 0 fully saturated rings. The second-order valence-electron chi connectivity index (χ2n) is 3.51. The molecule has 5 nitrogen and oxygen atoms in total. The van der Waals surface area contributed by atoms with Gasteiger partial charge in [-0.25, -0.2) is 0 Å². The molecule has 0 saturated heterocycles. The van der Waals surface area contributed by atoms with Crippen molar-refractivity contribution in [1.29, 1.82) is 5.26 Å². The van der Waals surface area contributed by atoms with E-state index in [-0.39, 0.29) is 28.7 Å². The van der Waals surface area contributed by atoms with Gasteiger partial charge in [-0.15, -0.1) is 0 Å². The van der Waals surface area contributed by atoms with Gasteiger partial charge in [-0.3, -0.25) is 14.9 Å². The highest BCUT2D eigenvalue weighted by molar-refractivity contribution is 9.10. The Morgan fingerprint density at radius 1 is 1.53 bits per heavy atom. The number of hydrogen-bond acceptors (Lipinski definition) is 4. The van der Waals surface area contributed by atoms with Gasteiger partial charge in [0.1, 0.15) is 17.4 Å². The quantitative estimate of drug-likeness (QED) is 0.686. The predicted octanol–water partition coefficient (Wildman–Crippen LogP) is 2.38. The molecule has 1 aromatic heterocycles. The monoisotopic (exact) mass is 298 g/mol. The average Bonchev–Trinajstić information content (AvgIpc) is 2.53. The molecule has 1 unspecified atom stereocenters. The highest BCUT2D eigenvalue weighted by atomic mass is 79.9. The highest BCUT2D eigenvalue weighted by Crippen LogP contribution is 2.27. The molecule has 6 heteroatoms. The molecule has 17 heavy (non-hydrogen) atoms. The number of ketones is 1. The topological polar surface area (TPSA) is 83.1 Å². The van der Waals surface area contributed by atoms with Gasteiger partial charge >= 0.3 is 0 Å². The zero-order valence-electron chi connectivity index (χ0n) is 9.63. The Balaban J connectivity index is 3.19. The fraction of sp³-hybridized carbons (Fsp3) is 0.364. The smallest absolute Gasteiger partial charge is 0.240 e. The Hall–Kier alpha value is -1.61. The molecule has 0 radical (unpaired) electrons. The number of carbonyl (C=O) groups is 2. The third kappa shape index (κ3) is 2.74. The minimum atomic E-state index is -0.416. The molecule has 0 aromatic carbocycles. The normalized spacial score (nSPS) is 11.7. The number of halogens is 1. The van der Waals surface area contributed by atoms with Crippen LogP contribution in [0.15, 0.2) is 4.42 Å². The van der Waals surface area contributed by atoms with Crippen molar-refractivity contribution >= 4 is 33.5 Å². The molecule has 0 aliphatic rings. The number of alkyl halides is 1. The van der Waals surface area contributed by atoms with Crippen LogP contribution in [0, 0.1) is 18.3 Å². The Bertz CT molecular complexity index is 512. The van der Waals surface area contributed by atoms with E-state index in [2.05, 4.69) is 21.2 Å². The van der Waals surface area contributed by atoms with Gasteiger partial charge in [0, 0.05) is 0 Å². The summed E-state index contributed by atoms with van der Waals surface area (Å²) in [4.78, 5) is 22.4. The maximum absolute atomic E-state index is 11.5. The summed E-state index contributed by atoms with van der Waals surface area (Å²) >= 11 is 3.09. The standard InChI is InChI=1S/C11H11BrN2O3/c1-5(12)10(16)14-11-8(4-13)9(6(2)15)7(3)17-11/h5H,1-3H3,(H,14,16). The molecule has 0 spiro atoms. The molecule has 1 atom stereocenters. The second kappa shape index (κ2) is 5.15. The van der Waals surface area contributed by atoms with E-state index in [4.69, 9.17) is 9.68 Å². The van der Waals surface area contributed by atoms with E-state index >= 15 is 0 Å². The van der Waals surface area contributed by atoms with Crippen molar-refractivity contribution in [2.75, 3.05) is 5.32 Å². The summed E-state index contributed by atoms with van der Waals surface area (Å²) in [5.41, 5.74) is 0.279. The summed E-state index contributed by atoms with van der Waals surface area (Å²) in [7, 11) is 0. The third-order valence-corrected chi connectivity index (χ3v) is 2.56. The maximum atomic E-state index is 11.5. The van der Waals surface area contributed by atoms with Crippen molar-refractivity contribution in [3.05, 3.63) is 16.9 Å². The summed E-state index contributed by atoms with van der Waals surface area (Å²) in [6.07, 6.45) is 0. The van der Waals surface area contributed by atoms with Crippen LogP contribution in [0.5, 0.6) is 0 Å². The Labute approximate surface area is 107 Å². The Morgan fingerprint density at radius 3 is 2.53 bits per heavy atom. The van der Waals surface area contributed by atoms with Gasteiger partial charge < -0.3 is 4.42 Å². The van der Waals surface area contributed by atoms with Crippen LogP contribution in [0.3, 0.4) is 0 Å². The number of hydrogen-bond donors (Lipinski definition) is 1. The zero-order chi connectivity index (χ0) is 13.2. The van der Waals surface area contributed by atoms with E-state index in [0.29, 0.717) is 5.76 Å². The van der Waals surface area contributed by atoms with Gasteiger partial charge in [-0.05, 0) is 20.8 Å².